The predicted molar refractivity (Wildman–Crippen MR) is 119 cm³/mol. The lowest BCUT2D eigenvalue weighted by atomic mass is 10.0. The van der Waals surface area contributed by atoms with Crippen molar-refractivity contribution < 1.29 is 4.79 Å². The third-order valence-electron chi connectivity index (χ3n) is 5.66. The fourth-order valence-corrected chi connectivity index (χ4v) is 4.19. The van der Waals surface area contributed by atoms with Crippen LogP contribution in [0.4, 0.5) is 5.69 Å². The average molecular weight is 385 g/mol. The zero-order valence-corrected chi connectivity index (χ0v) is 16.7. The first-order valence-electron chi connectivity index (χ1n) is 10.5. The Balaban J connectivity index is 1.71. The van der Waals surface area contributed by atoms with Crippen molar-refractivity contribution in [3.63, 3.8) is 0 Å². The van der Waals surface area contributed by atoms with Gasteiger partial charge in [-0.3, -0.25) is 4.79 Å². The van der Waals surface area contributed by atoms with Crippen molar-refractivity contribution in [3.05, 3.63) is 102 Å². The summed E-state index contributed by atoms with van der Waals surface area (Å²) >= 11 is 0. The molecule has 0 saturated heterocycles. The second-order valence-corrected chi connectivity index (χ2v) is 7.75. The molecular formula is C26H28N2O. The van der Waals surface area contributed by atoms with Gasteiger partial charge in [-0.05, 0) is 36.1 Å². The fourth-order valence-electron chi connectivity index (χ4n) is 4.19. The molecule has 3 nitrogen and oxygen atoms in total. The Hall–Kier alpha value is -3.07. The average Bonchev–Trinajstić information content (AvgIpc) is 3.28. The van der Waals surface area contributed by atoms with Gasteiger partial charge in [0.25, 0.3) is 0 Å². The first-order chi connectivity index (χ1) is 14.3. The molecule has 29 heavy (non-hydrogen) atoms. The van der Waals surface area contributed by atoms with Gasteiger partial charge in [-0.25, -0.2) is 0 Å². The number of nitrogens with one attached hydrogen (secondary N) is 1. The topological polar surface area (TPSA) is 32.3 Å². The SMILES string of the molecule is O=C(NC1CCCC1)C(c1ccccc1)N(Cc1ccccc1)c1ccccc1. The second-order valence-electron chi connectivity index (χ2n) is 7.75. The van der Waals surface area contributed by atoms with E-state index in [1.807, 2.05) is 42.5 Å². The van der Waals surface area contributed by atoms with E-state index in [9.17, 15) is 4.79 Å². The van der Waals surface area contributed by atoms with E-state index in [0.717, 1.165) is 24.1 Å². The minimum Gasteiger partial charge on any atom is -0.352 e. The number of anilines is 1. The quantitative estimate of drug-likeness (QED) is 0.584. The van der Waals surface area contributed by atoms with Crippen LogP contribution in [-0.2, 0) is 11.3 Å². The number of nitrogens with zero attached hydrogens (tertiary/aromatic N) is 1. The van der Waals surface area contributed by atoms with Crippen LogP contribution < -0.4 is 10.2 Å². The largest absolute Gasteiger partial charge is 0.352 e. The lowest BCUT2D eigenvalue weighted by Crippen LogP contribution is -2.43. The number of hydrogen-bond acceptors (Lipinski definition) is 2. The maximum Gasteiger partial charge on any atom is 0.247 e. The molecule has 0 radical (unpaired) electrons. The summed E-state index contributed by atoms with van der Waals surface area (Å²) in [6, 6.07) is 30.7. The van der Waals surface area contributed by atoms with Crippen molar-refractivity contribution in [2.45, 2.75) is 44.3 Å². The molecule has 1 amide bonds. The summed E-state index contributed by atoms with van der Waals surface area (Å²) in [5.74, 6) is 0.0860. The van der Waals surface area contributed by atoms with Gasteiger partial charge in [-0.1, -0.05) is 91.7 Å². The fraction of sp³-hybridized carbons (Fsp3) is 0.269. The molecule has 1 aliphatic carbocycles. The molecule has 1 fully saturated rings. The molecule has 1 unspecified atom stereocenters. The Morgan fingerprint density at radius 3 is 2.00 bits per heavy atom. The van der Waals surface area contributed by atoms with Crippen molar-refractivity contribution in [2.24, 2.45) is 0 Å². The maximum atomic E-state index is 13.6. The summed E-state index contributed by atoms with van der Waals surface area (Å²) in [6.07, 6.45) is 4.56. The van der Waals surface area contributed by atoms with Crippen LogP contribution in [0.2, 0.25) is 0 Å². The first kappa shape index (κ1) is 19.3. The molecule has 1 N–H and O–H groups in total. The van der Waals surface area contributed by atoms with Gasteiger partial charge in [-0.2, -0.15) is 0 Å². The third kappa shape index (κ3) is 4.86. The van der Waals surface area contributed by atoms with Gasteiger partial charge in [0.1, 0.15) is 6.04 Å². The summed E-state index contributed by atoms with van der Waals surface area (Å²) in [6.45, 7) is 0.669. The van der Waals surface area contributed by atoms with Gasteiger partial charge in [-0.15, -0.1) is 0 Å². The molecule has 1 atom stereocenters. The van der Waals surface area contributed by atoms with Crippen molar-refractivity contribution in [1.29, 1.82) is 0 Å². The Morgan fingerprint density at radius 1 is 0.828 bits per heavy atom. The van der Waals surface area contributed by atoms with Crippen LogP contribution in [-0.4, -0.2) is 11.9 Å². The Labute approximate surface area is 173 Å². The van der Waals surface area contributed by atoms with Gasteiger partial charge in [0.05, 0.1) is 0 Å². The first-order valence-corrected chi connectivity index (χ1v) is 10.5. The molecule has 0 aromatic heterocycles. The van der Waals surface area contributed by atoms with E-state index < -0.39 is 0 Å². The second kappa shape index (κ2) is 9.42. The lowest BCUT2D eigenvalue weighted by Gasteiger charge is -2.34. The molecular weight excluding hydrogens is 356 g/mol. The van der Waals surface area contributed by atoms with Gasteiger partial charge < -0.3 is 10.2 Å². The van der Waals surface area contributed by atoms with Gasteiger partial charge >= 0.3 is 0 Å². The summed E-state index contributed by atoms with van der Waals surface area (Å²) in [5.41, 5.74) is 3.25. The highest BCUT2D eigenvalue weighted by molar-refractivity contribution is 5.87. The molecule has 0 bridgehead atoms. The summed E-state index contributed by atoms with van der Waals surface area (Å²) in [5, 5.41) is 3.33. The molecule has 3 aromatic carbocycles. The molecule has 1 aliphatic rings. The van der Waals surface area contributed by atoms with Gasteiger partial charge in [0.15, 0.2) is 0 Å². The van der Waals surface area contributed by atoms with E-state index >= 15 is 0 Å². The summed E-state index contributed by atoms with van der Waals surface area (Å²) < 4.78 is 0. The van der Waals surface area contributed by atoms with Crippen LogP contribution in [0, 0.1) is 0 Å². The van der Waals surface area contributed by atoms with Crippen LogP contribution in [0.25, 0.3) is 0 Å². The van der Waals surface area contributed by atoms with E-state index in [-0.39, 0.29) is 11.9 Å². The van der Waals surface area contributed by atoms with Crippen molar-refractivity contribution in [2.75, 3.05) is 4.90 Å². The maximum absolute atomic E-state index is 13.6. The predicted octanol–water partition coefficient (Wildman–Crippen LogP) is 5.49. The summed E-state index contributed by atoms with van der Waals surface area (Å²) in [4.78, 5) is 15.8. The van der Waals surface area contributed by atoms with Crippen molar-refractivity contribution >= 4 is 11.6 Å². The monoisotopic (exact) mass is 384 g/mol. The van der Waals surface area contributed by atoms with E-state index in [0.29, 0.717) is 12.6 Å². The molecule has 148 valence electrons. The number of carbonyl (C=O) groups is 1. The van der Waals surface area contributed by atoms with Crippen molar-refractivity contribution in [1.82, 2.24) is 5.32 Å². The van der Waals surface area contributed by atoms with Gasteiger partial charge in [0.2, 0.25) is 5.91 Å². The van der Waals surface area contributed by atoms with Crippen LogP contribution in [0.3, 0.4) is 0 Å². The zero-order chi connectivity index (χ0) is 19.9. The summed E-state index contributed by atoms with van der Waals surface area (Å²) in [7, 11) is 0. The van der Waals surface area contributed by atoms with Crippen molar-refractivity contribution in [3.8, 4) is 0 Å². The number of rotatable bonds is 7. The molecule has 3 heteroatoms. The van der Waals surface area contributed by atoms with E-state index in [2.05, 4.69) is 58.7 Å². The number of para-hydroxylation sites is 1. The lowest BCUT2D eigenvalue weighted by molar-refractivity contribution is -0.123. The highest BCUT2D eigenvalue weighted by Gasteiger charge is 2.30. The van der Waals surface area contributed by atoms with Crippen LogP contribution in [0.5, 0.6) is 0 Å². The molecule has 4 rings (SSSR count). The molecule has 1 saturated carbocycles. The highest BCUT2D eigenvalue weighted by Crippen LogP contribution is 2.30. The normalized spacial score (nSPS) is 15.0. The van der Waals surface area contributed by atoms with Gasteiger partial charge in [0, 0.05) is 18.3 Å². The number of amides is 1. The Kier molecular flexibility index (Phi) is 6.25. The number of carbonyl (C=O) groups excluding carboxylic acids is 1. The number of hydrogen-bond donors (Lipinski definition) is 1. The third-order valence-corrected chi connectivity index (χ3v) is 5.66. The van der Waals surface area contributed by atoms with E-state index in [1.54, 1.807) is 0 Å². The molecule has 0 heterocycles. The van der Waals surface area contributed by atoms with E-state index in [1.165, 1.54) is 18.4 Å². The minimum absolute atomic E-state index is 0.0860. The molecule has 0 aliphatic heterocycles. The standard InChI is InChI=1S/C26H28N2O/c29-26(27-23-16-10-11-17-23)25(22-14-6-2-7-15-22)28(24-18-8-3-9-19-24)20-21-12-4-1-5-13-21/h1-9,12-15,18-19,23,25H,10-11,16-17,20H2,(H,27,29). The number of benzene rings is 3. The highest BCUT2D eigenvalue weighted by atomic mass is 16.2. The van der Waals surface area contributed by atoms with Crippen LogP contribution in [0.1, 0.15) is 42.9 Å². The zero-order valence-electron chi connectivity index (χ0n) is 16.7. The van der Waals surface area contributed by atoms with E-state index in [4.69, 9.17) is 0 Å². The van der Waals surface area contributed by atoms with Crippen LogP contribution >= 0.6 is 0 Å². The Morgan fingerprint density at radius 2 is 1.38 bits per heavy atom. The minimum atomic E-state index is -0.376. The Bertz CT molecular complexity index is 890. The smallest absolute Gasteiger partial charge is 0.247 e. The molecule has 0 spiro atoms. The molecule has 3 aromatic rings. The van der Waals surface area contributed by atoms with Crippen LogP contribution in [0.15, 0.2) is 91.0 Å².